The average molecular weight is 396 g/mol. The number of anilines is 1. The van der Waals surface area contributed by atoms with E-state index in [0.717, 1.165) is 0 Å². The molecule has 0 aliphatic carbocycles. The van der Waals surface area contributed by atoms with Gasteiger partial charge in [-0.1, -0.05) is 5.16 Å². The lowest BCUT2D eigenvalue weighted by Crippen LogP contribution is -2.33. The standard InChI is InChI=1S/C14H14ClN7O5/c1-4-18-12(27-21-4)8-7(24)9(25-5(2)23)13(26-8)22-3-17-6-10(16)19-14(15)20-11(6)22/h3,7-9,13,24H,1-2H3,(H2,16,19,20)/t7-,8+,9-,13-/m1/s1. The summed E-state index contributed by atoms with van der Waals surface area (Å²) >= 11 is 5.88. The Morgan fingerprint density at radius 3 is 2.85 bits per heavy atom. The molecule has 4 heterocycles. The number of halogens is 1. The minimum atomic E-state index is -1.27. The van der Waals surface area contributed by atoms with Crippen molar-refractivity contribution in [2.75, 3.05) is 5.73 Å². The Morgan fingerprint density at radius 2 is 2.19 bits per heavy atom. The number of rotatable bonds is 3. The van der Waals surface area contributed by atoms with Gasteiger partial charge in [-0.25, -0.2) is 4.98 Å². The highest BCUT2D eigenvalue weighted by molar-refractivity contribution is 6.28. The Labute approximate surface area is 156 Å². The fourth-order valence-electron chi connectivity index (χ4n) is 2.92. The van der Waals surface area contributed by atoms with Gasteiger partial charge >= 0.3 is 5.97 Å². The molecule has 4 rings (SSSR count). The summed E-state index contributed by atoms with van der Waals surface area (Å²) in [5.41, 5.74) is 6.35. The number of hydrogen-bond donors (Lipinski definition) is 2. The molecule has 0 saturated carbocycles. The van der Waals surface area contributed by atoms with Crippen LogP contribution in [0, 0.1) is 6.92 Å². The number of fused-ring (bicyclic) bond motifs is 1. The minimum absolute atomic E-state index is 0.0521. The molecule has 0 bridgehead atoms. The van der Waals surface area contributed by atoms with E-state index in [1.807, 2.05) is 0 Å². The first-order chi connectivity index (χ1) is 12.8. The quantitative estimate of drug-likeness (QED) is 0.463. The third-order valence-electron chi connectivity index (χ3n) is 4.00. The first-order valence-electron chi connectivity index (χ1n) is 7.81. The Bertz CT molecular complexity index is 1020. The van der Waals surface area contributed by atoms with Crippen LogP contribution in [0.2, 0.25) is 5.28 Å². The van der Waals surface area contributed by atoms with E-state index >= 15 is 0 Å². The van der Waals surface area contributed by atoms with Crippen LogP contribution in [0.15, 0.2) is 10.9 Å². The third-order valence-corrected chi connectivity index (χ3v) is 4.17. The van der Waals surface area contributed by atoms with Gasteiger partial charge in [0.15, 0.2) is 35.7 Å². The summed E-state index contributed by atoms with van der Waals surface area (Å²) in [6.45, 7) is 2.84. The second-order valence-electron chi connectivity index (χ2n) is 5.89. The fourth-order valence-corrected chi connectivity index (χ4v) is 3.09. The summed E-state index contributed by atoms with van der Waals surface area (Å²) in [5, 5.41) is 14.3. The third kappa shape index (κ3) is 2.97. The molecule has 0 radical (unpaired) electrons. The molecule has 1 fully saturated rings. The average Bonchev–Trinajstić information content (AvgIpc) is 3.26. The lowest BCUT2D eigenvalue weighted by Gasteiger charge is -2.21. The lowest BCUT2D eigenvalue weighted by molar-refractivity contribution is -0.155. The molecule has 1 aliphatic rings. The van der Waals surface area contributed by atoms with Gasteiger partial charge in [0, 0.05) is 6.92 Å². The van der Waals surface area contributed by atoms with Crippen LogP contribution in [-0.4, -0.2) is 52.9 Å². The highest BCUT2D eigenvalue weighted by Gasteiger charge is 2.50. The van der Waals surface area contributed by atoms with Crippen molar-refractivity contribution in [3.8, 4) is 0 Å². The number of nitrogens with zero attached hydrogens (tertiary/aromatic N) is 6. The van der Waals surface area contributed by atoms with E-state index in [1.165, 1.54) is 17.8 Å². The zero-order valence-electron chi connectivity index (χ0n) is 14.1. The first kappa shape index (κ1) is 17.6. The van der Waals surface area contributed by atoms with Crippen LogP contribution < -0.4 is 5.73 Å². The van der Waals surface area contributed by atoms with Crippen molar-refractivity contribution in [2.24, 2.45) is 0 Å². The van der Waals surface area contributed by atoms with Crippen LogP contribution in [0.1, 0.15) is 31.0 Å². The number of carbonyl (C=O) groups is 1. The fraction of sp³-hybridized carbons (Fsp3) is 0.429. The van der Waals surface area contributed by atoms with Crippen molar-refractivity contribution in [1.82, 2.24) is 29.7 Å². The number of nitrogens with two attached hydrogens (primary N) is 1. The van der Waals surface area contributed by atoms with Crippen molar-refractivity contribution in [2.45, 2.75) is 38.4 Å². The second kappa shape index (κ2) is 6.40. The molecule has 12 nitrogen and oxygen atoms in total. The molecule has 0 unspecified atom stereocenters. The second-order valence-corrected chi connectivity index (χ2v) is 6.23. The molecule has 3 aromatic heterocycles. The first-order valence-corrected chi connectivity index (χ1v) is 8.19. The van der Waals surface area contributed by atoms with E-state index in [4.69, 9.17) is 31.3 Å². The van der Waals surface area contributed by atoms with Crippen LogP contribution >= 0.6 is 11.6 Å². The van der Waals surface area contributed by atoms with Gasteiger partial charge in [0.05, 0.1) is 6.33 Å². The summed E-state index contributed by atoms with van der Waals surface area (Å²) in [6.07, 6.45) is -3.00. The molecular formula is C14H14ClN7O5. The number of carbonyl (C=O) groups excluding carboxylic acids is 1. The Kier molecular flexibility index (Phi) is 4.17. The van der Waals surface area contributed by atoms with Crippen LogP contribution in [0.3, 0.4) is 0 Å². The summed E-state index contributed by atoms with van der Waals surface area (Å²) in [6, 6.07) is 0. The van der Waals surface area contributed by atoms with Gasteiger partial charge < -0.3 is 24.8 Å². The molecule has 0 spiro atoms. The number of hydrogen-bond acceptors (Lipinski definition) is 11. The molecule has 142 valence electrons. The molecule has 27 heavy (non-hydrogen) atoms. The number of esters is 1. The Morgan fingerprint density at radius 1 is 1.41 bits per heavy atom. The normalized spacial score (nSPS) is 25.2. The number of imidazole rings is 1. The van der Waals surface area contributed by atoms with Gasteiger partial charge in [-0.15, -0.1) is 0 Å². The van der Waals surface area contributed by atoms with E-state index in [1.54, 1.807) is 6.92 Å². The van der Waals surface area contributed by atoms with E-state index in [2.05, 4.69) is 25.1 Å². The van der Waals surface area contributed by atoms with Crippen LogP contribution in [0.4, 0.5) is 5.82 Å². The van der Waals surface area contributed by atoms with Crippen LogP contribution in [-0.2, 0) is 14.3 Å². The molecule has 0 amide bonds. The molecule has 4 atom stereocenters. The number of nitrogen functional groups attached to an aromatic ring is 1. The predicted molar refractivity (Wildman–Crippen MR) is 88.2 cm³/mol. The van der Waals surface area contributed by atoms with Crippen molar-refractivity contribution in [3.05, 3.63) is 23.3 Å². The minimum Gasteiger partial charge on any atom is -0.455 e. The van der Waals surface area contributed by atoms with Crippen LogP contribution in [0.5, 0.6) is 0 Å². The molecule has 13 heteroatoms. The summed E-state index contributed by atoms with van der Waals surface area (Å²) in [7, 11) is 0. The molecular weight excluding hydrogens is 382 g/mol. The maximum atomic E-state index is 11.5. The van der Waals surface area contributed by atoms with E-state index in [-0.39, 0.29) is 28.2 Å². The van der Waals surface area contributed by atoms with Crippen molar-refractivity contribution in [3.63, 3.8) is 0 Å². The van der Waals surface area contributed by atoms with Crippen molar-refractivity contribution < 1.29 is 23.9 Å². The lowest BCUT2D eigenvalue weighted by atomic mass is 10.1. The number of aromatic nitrogens is 6. The highest BCUT2D eigenvalue weighted by atomic mass is 35.5. The maximum Gasteiger partial charge on any atom is 0.303 e. The smallest absolute Gasteiger partial charge is 0.303 e. The Hall–Kier alpha value is -2.83. The summed E-state index contributed by atoms with van der Waals surface area (Å²) in [5.74, 6) is -0.105. The summed E-state index contributed by atoms with van der Waals surface area (Å²) in [4.78, 5) is 27.7. The SMILES string of the molecule is CC(=O)O[C@@H]1[C@H](O)[C@@H](c2nc(C)no2)O[C@H]1n1cnc2c(N)nc(Cl)nc21. The number of aryl methyl sites for hydroxylation is 1. The van der Waals surface area contributed by atoms with Gasteiger partial charge in [-0.05, 0) is 18.5 Å². The zero-order valence-corrected chi connectivity index (χ0v) is 14.9. The molecule has 1 aliphatic heterocycles. The van der Waals surface area contributed by atoms with E-state index in [9.17, 15) is 9.90 Å². The Balaban J connectivity index is 1.79. The van der Waals surface area contributed by atoms with E-state index in [0.29, 0.717) is 5.82 Å². The van der Waals surface area contributed by atoms with E-state index < -0.39 is 30.5 Å². The molecule has 3 aromatic rings. The largest absolute Gasteiger partial charge is 0.455 e. The van der Waals surface area contributed by atoms with Crippen LogP contribution in [0.25, 0.3) is 11.2 Å². The number of aliphatic hydroxyl groups excluding tert-OH is 1. The topological polar surface area (TPSA) is 164 Å². The predicted octanol–water partition coefficient (Wildman–Crippen LogP) is 0.316. The number of aliphatic hydroxyl groups is 1. The van der Waals surface area contributed by atoms with Gasteiger partial charge in [0.25, 0.3) is 5.89 Å². The zero-order chi connectivity index (χ0) is 19.3. The van der Waals surface area contributed by atoms with Crippen molar-refractivity contribution >= 4 is 34.6 Å². The molecule has 0 aromatic carbocycles. The van der Waals surface area contributed by atoms with Crippen molar-refractivity contribution in [1.29, 1.82) is 0 Å². The summed E-state index contributed by atoms with van der Waals surface area (Å²) < 4.78 is 17.7. The monoisotopic (exact) mass is 395 g/mol. The maximum absolute atomic E-state index is 11.5. The van der Waals surface area contributed by atoms with Gasteiger partial charge in [-0.3, -0.25) is 9.36 Å². The molecule has 3 N–H and O–H groups in total. The van der Waals surface area contributed by atoms with Gasteiger partial charge in [0.1, 0.15) is 11.6 Å². The molecule has 1 saturated heterocycles. The van der Waals surface area contributed by atoms with Gasteiger partial charge in [0.2, 0.25) is 5.28 Å². The highest BCUT2D eigenvalue weighted by Crippen LogP contribution is 2.41. The number of ether oxygens (including phenoxy) is 2. The van der Waals surface area contributed by atoms with Gasteiger partial charge in [-0.2, -0.15) is 15.0 Å².